The van der Waals surface area contributed by atoms with Gasteiger partial charge >= 0.3 is 5.69 Å². The predicted octanol–water partition coefficient (Wildman–Crippen LogP) is 3.34. The molecule has 4 rings (SSSR count). The Hall–Kier alpha value is -2.87. The second-order valence-electron chi connectivity index (χ2n) is 9.74. The molecule has 1 unspecified atom stereocenters. The van der Waals surface area contributed by atoms with Crippen molar-refractivity contribution >= 4 is 17.4 Å². The number of carbonyl (C=O) groups is 1. The standard InChI is InChI=1S/C26H37N5O3/c1-3-4-16-30-24(27)23(25(33)28-26(30)34)31(20-8-5-6-9-20)22(32)17-29-15-7-10-21(29)19-13-11-18(2)12-14-19/h11-14,20-21H,3-10,15-17,27H2,1-2H3,(H,28,33,34). The fourth-order valence-electron chi connectivity index (χ4n) is 5.45. The monoisotopic (exact) mass is 467 g/mol. The third kappa shape index (κ3) is 4.97. The molecule has 1 atom stereocenters. The third-order valence-electron chi connectivity index (χ3n) is 7.31. The van der Waals surface area contributed by atoms with Crippen molar-refractivity contribution < 1.29 is 4.79 Å². The van der Waals surface area contributed by atoms with Crippen LogP contribution < -0.4 is 21.9 Å². The van der Waals surface area contributed by atoms with Crippen molar-refractivity contribution in [3.8, 4) is 0 Å². The maximum Gasteiger partial charge on any atom is 0.330 e. The summed E-state index contributed by atoms with van der Waals surface area (Å²) in [6.07, 6.45) is 7.37. The Morgan fingerprint density at radius 1 is 1.12 bits per heavy atom. The van der Waals surface area contributed by atoms with Crippen LogP contribution in [0.25, 0.3) is 0 Å². The van der Waals surface area contributed by atoms with Gasteiger partial charge < -0.3 is 10.6 Å². The molecule has 2 heterocycles. The maximum atomic E-state index is 13.8. The summed E-state index contributed by atoms with van der Waals surface area (Å²) in [6.45, 7) is 5.58. The van der Waals surface area contributed by atoms with Gasteiger partial charge in [0.2, 0.25) is 5.91 Å². The smallest absolute Gasteiger partial charge is 0.330 e. The van der Waals surface area contributed by atoms with E-state index in [4.69, 9.17) is 5.73 Å². The van der Waals surface area contributed by atoms with E-state index >= 15 is 0 Å². The quantitative estimate of drug-likeness (QED) is 0.620. The molecule has 184 valence electrons. The van der Waals surface area contributed by atoms with Crippen molar-refractivity contribution in [2.75, 3.05) is 23.7 Å². The summed E-state index contributed by atoms with van der Waals surface area (Å²) < 4.78 is 1.40. The fourth-order valence-corrected chi connectivity index (χ4v) is 5.45. The average molecular weight is 468 g/mol. The molecule has 1 aliphatic heterocycles. The first-order valence-corrected chi connectivity index (χ1v) is 12.7. The zero-order chi connectivity index (χ0) is 24.2. The van der Waals surface area contributed by atoms with Crippen molar-refractivity contribution in [3.63, 3.8) is 0 Å². The number of carbonyl (C=O) groups excluding carboxylic acids is 1. The molecule has 1 saturated carbocycles. The molecular weight excluding hydrogens is 430 g/mol. The molecule has 0 bridgehead atoms. The van der Waals surface area contributed by atoms with E-state index in [0.717, 1.165) is 57.9 Å². The lowest BCUT2D eigenvalue weighted by Gasteiger charge is -2.33. The Labute approximate surface area is 200 Å². The summed E-state index contributed by atoms with van der Waals surface area (Å²) in [5, 5.41) is 0. The first kappa shape index (κ1) is 24.3. The van der Waals surface area contributed by atoms with Gasteiger partial charge in [0.05, 0.1) is 6.54 Å². The minimum absolute atomic E-state index is 0.0755. The Bertz CT molecular complexity index is 1110. The van der Waals surface area contributed by atoms with Gasteiger partial charge in [0, 0.05) is 18.6 Å². The number of aromatic amines is 1. The SMILES string of the molecule is CCCCn1c(N)c(N(C(=O)CN2CCCC2c2ccc(C)cc2)C2CCCC2)c(=O)[nH]c1=O. The summed E-state index contributed by atoms with van der Waals surface area (Å²) in [4.78, 5) is 45.5. The minimum Gasteiger partial charge on any atom is -0.383 e. The number of likely N-dealkylation sites (tertiary alicyclic amines) is 1. The average Bonchev–Trinajstić information content (AvgIpc) is 3.49. The Morgan fingerprint density at radius 3 is 2.50 bits per heavy atom. The first-order chi connectivity index (χ1) is 16.4. The minimum atomic E-state index is -0.577. The van der Waals surface area contributed by atoms with Gasteiger partial charge in [0.1, 0.15) is 5.82 Å². The zero-order valence-electron chi connectivity index (χ0n) is 20.4. The lowest BCUT2D eigenvalue weighted by Crippen LogP contribution is -2.49. The Balaban J connectivity index is 1.66. The molecule has 3 N–H and O–H groups in total. The van der Waals surface area contributed by atoms with Gasteiger partial charge in [-0.3, -0.25) is 24.0 Å². The lowest BCUT2D eigenvalue weighted by atomic mass is 10.0. The van der Waals surface area contributed by atoms with Crippen LogP contribution in [0.15, 0.2) is 33.9 Å². The number of aryl methyl sites for hydroxylation is 1. The van der Waals surface area contributed by atoms with Gasteiger partial charge in [-0.05, 0) is 51.1 Å². The predicted molar refractivity (Wildman–Crippen MR) is 135 cm³/mol. The summed E-state index contributed by atoms with van der Waals surface area (Å²) in [6, 6.07) is 8.61. The lowest BCUT2D eigenvalue weighted by molar-refractivity contribution is -0.120. The van der Waals surface area contributed by atoms with Crippen molar-refractivity contribution in [2.24, 2.45) is 0 Å². The number of H-pyrrole nitrogens is 1. The normalized spacial score (nSPS) is 19.1. The second kappa shape index (κ2) is 10.6. The van der Waals surface area contributed by atoms with E-state index < -0.39 is 11.2 Å². The number of unbranched alkanes of at least 4 members (excludes halogenated alkanes) is 1. The molecule has 1 saturated heterocycles. The van der Waals surface area contributed by atoms with Crippen LogP contribution >= 0.6 is 0 Å². The molecule has 2 aliphatic rings. The van der Waals surface area contributed by atoms with E-state index in [9.17, 15) is 14.4 Å². The van der Waals surface area contributed by atoms with Crippen molar-refractivity contribution in [1.29, 1.82) is 0 Å². The molecular formula is C26H37N5O3. The molecule has 1 amide bonds. The number of hydrogen-bond donors (Lipinski definition) is 2. The number of nitrogens with two attached hydrogens (primary N) is 1. The van der Waals surface area contributed by atoms with Gasteiger partial charge in [-0.1, -0.05) is 56.0 Å². The molecule has 8 nitrogen and oxygen atoms in total. The van der Waals surface area contributed by atoms with E-state index in [2.05, 4.69) is 41.1 Å². The number of nitrogens with one attached hydrogen (secondary N) is 1. The van der Waals surface area contributed by atoms with Crippen LogP contribution in [0.1, 0.15) is 75.5 Å². The van der Waals surface area contributed by atoms with Gasteiger partial charge in [0.15, 0.2) is 5.69 Å². The maximum absolute atomic E-state index is 13.8. The fraction of sp³-hybridized carbons (Fsp3) is 0.577. The van der Waals surface area contributed by atoms with Gasteiger partial charge in [0.25, 0.3) is 5.56 Å². The van der Waals surface area contributed by atoms with Crippen LogP contribution in [-0.2, 0) is 11.3 Å². The number of amides is 1. The topological polar surface area (TPSA) is 104 Å². The zero-order valence-corrected chi connectivity index (χ0v) is 20.4. The molecule has 0 radical (unpaired) electrons. The van der Waals surface area contributed by atoms with Gasteiger partial charge in [-0.25, -0.2) is 4.79 Å². The molecule has 1 aliphatic carbocycles. The number of anilines is 2. The van der Waals surface area contributed by atoms with E-state index in [1.807, 2.05) is 6.92 Å². The van der Waals surface area contributed by atoms with Crippen LogP contribution in [0, 0.1) is 6.92 Å². The molecule has 2 fully saturated rings. The van der Waals surface area contributed by atoms with Crippen LogP contribution in [-0.4, -0.2) is 39.5 Å². The summed E-state index contributed by atoms with van der Waals surface area (Å²) in [5.74, 6) is -0.0252. The largest absolute Gasteiger partial charge is 0.383 e. The molecule has 1 aromatic carbocycles. The molecule has 1 aromatic heterocycles. The molecule has 2 aromatic rings. The van der Waals surface area contributed by atoms with E-state index in [1.165, 1.54) is 15.7 Å². The highest BCUT2D eigenvalue weighted by atomic mass is 16.2. The number of rotatable bonds is 8. The van der Waals surface area contributed by atoms with Gasteiger partial charge in [-0.15, -0.1) is 0 Å². The number of aromatic nitrogens is 2. The molecule has 8 heteroatoms. The van der Waals surface area contributed by atoms with Crippen LogP contribution in [0.5, 0.6) is 0 Å². The van der Waals surface area contributed by atoms with E-state index in [-0.39, 0.29) is 36.0 Å². The van der Waals surface area contributed by atoms with E-state index in [1.54, 1.807) is 4.90 Å². The highest BCUT2D eigenvalue weighted by Crippen LogP contribution is 2.34. The first-order valence-electron chi connectivity index (χ1n) is 12.7. The van der Waals surface area contributed by atoms with Crippen molar-refractivity contribution in [1.82, 2.24) is 14.5 Å². The second-order valence-corrected chi connectivity index (χ2v) is 9.74. The highest BCUT2D eigenvalue weighted by Gasteiger charge is 2.35. The van der Waals surface area contributed by atoms with Crippen molar-refractivity contribution in [2.45, 2.75) is 83.8 Å². The van der Waals surface area contributed by atoms with E-state index in [0.29, 0.717) is 6.54 Å². The summed E-state index contributed by atoms with van der Waals surface area (Å²) in [5.41, 5.74) is 7.88. The van der Waals surface area contributed by atoms with Crippen LogP contribution in [0.3, 0.4) is 0 Å². The third-order valence-corrected chi connectivity index (χ3v) is 7.31. The summed E-state index contributed by atoms with van der Waals surface area (Å²) in [7, 11) is 0. The number of nitrogens with zero attached hydrogens (tertiary/aromatic N) is 3. The van der Waals surface area contributed by atoms with Crippen LogP contribution in [0.4, 0.5) is 11.5 Å². The van der Waals surface area contributed by atoms with Gasteiger partial charge in [-0.2, -0.15) is 0 Å². The Morgan fingerprint density at radius 2 is 1.82 bits per heavy atom. The van der Waals surface area contributed by atoms with Crippen molar-refractivity contribution in [3.05, 3.63) is 56.2 Å². The number of benzene rings is 1. The molecule has 34 heavy (non-hydrogen) atoms. The summed E-state index contributed by atoms with van der Waals surface area (Å²) >= 11 is 0. The van der Waals surface area contributed by atoms with Crippen LogP contribution in [0.2, 0.25) is 0 Å². The highest BCUT2D eigenvalue weighted by molar-refractivity contribution is 5.97. The number of hydrogen-bond acceptors (Lipinski definition) is 5. The Kier molecular flexibility index (Phi) is 7.56. The molecule has 0 spiro atoms. The number of nitrogen functional groups attached to an aromatic ring is 1.